The Kier molecular flexibility index (Phi) is 8.10. The second-order valence-electron chi connectivity index (χ2n) is 10.3. The van der Waals surface area contributed by atoms with Gasteiger partial charge < -0.3 is 19.9 Å². The Morgan fingerprint density at radius 1 is 0.952 bits per heavy atom. The molecule has 2 heterocycles. The van der Waals surface area contributed by atoms with E-state index >= 15 is 0 Å². The van der Waals surface area contributed by atoms with Crippen LogP contribution in [0, 0.1) is 11.2 Å². The molecular weight excluding hydrogens is 535 g/mol. The van der Waals surface area contributed by atoms with Crippen molar-refractivity contribution in [1.82, 2.24) is 9.55 Å². The number of amides is 2. The second-order valence-corrected chi connectivity index (χ2v) is 10.3. The average Bonchev–Trinajstić information content (AvgIpc) is 3.75. The fourth-order valence-corrected chi connectivity index (χ4v) is 4.16. The summed E-state index contributed by atoms with van der Waals surface area (Å²) in [5.41, 5.74) is 3.64. The summed E-state index contributed by atoms with van der Waals surface area (Å²) in [6.45, 7) is 1.94. The van der Waals surface area contributed by atoms with Crippen molar-refractivity contribution in [3.8, 4) is 22.6 Å². The number of aryl methyl sites for hydroxylation is 1. The first-order chi connectivity index (χ1) is 20.2. The van der Waals surface area contributed by atoms with Crippen LogP contribution in [-0.2, 0) is 16.6 Å². The van der Waals surface area contributed by atoms with Gasteiger partial charge >= 0.3 is 0 Å². The molecule has 0 saturated heterocycles. The minimum absolute atomic E-state index is 0.0316. The van der Waals surface area contributed by atoms with Gasteiger partial charge in [0.25, 0.3) is 5.56 Å². The van der Waals surface area contributed by atoms with Gasteiger partial charge in [-0.25, -0.2) is 4.39 Å². The summed E-state index contributed by atoms with van der Waals surface area (Å²) in [7, 11) is 1.72. The summed E-state index contributed by atoms with van der Waals surface area (Å²) in [5.74, 6) is 1.07. The van der Waals surface area contributed by atoms with Crippen LogP contribution in [0.2, 0.25) is 0 Å². The molecule has 6 rings (SSSR count). The third-order valence-electron chi connectivity index (χ3n) is 7.10. The Morgan fingerprint density at radius 2 is 1.64 bits per heavy atom. The van der Waals surface area contributed by atoms with Crippen molar-refractivity contribution in [1.29, 1.82) is 0 Å². The van der Waals surface area contributed by atoms with Crippen LogP contribution in [0.15, 0.2) is 102 Å². The topological polar surface area (TPSA) is 102 Å². The standard InChI is InChI=1S/C22H17N3O3.C11H12FNO/c1-25-11-9-16(13-22(25)27)15-2-7-19-20(12-15)23-10-8-21(19)28-18-5-3-17(4-6-18)24-14-26;1-11(6-7-11)10(14)13-9-4-2-8(12)3-5-9/h2-14H,1H3,(H,24,26);2-5H,6-7H2,1H3,(H,13,14). The lowest BCUT2D eigenvalue weighted by molar-refractivity contribution is -0.120. The minimum atomic E-state index is -0.291. The van der Waals surface area contributed by atoms with E-state index in [0.717, 1.165) is 34.9 Å². The molecule has 1 saturated carbocycles. The van der Waals surface area contributed by atoms with Crippen molar-refractivity contribution in [2.45, 2.75) is 19.8 Å². The quantitative estimate of drug-likeness (QED) is 0.219. The predicted molar refractivity (Wildman–Crippen MR) is 161 cm³/mol. The molecule has 212 valence electrons. The maximum atomic E-state index is 12.6. The van der Waals surface area contributed by atoms with Crippen LogP contribution in [0.1, 0.15) is 19.8 Å². The fraction of sp³-hybridized carbons (Fsp3) is 0.152. The van der Waals surface area contributed by atoms with Crippen LogP contribution < -0.4 is 20.9 Å². The van der Waals surface area contributed by atoms with Crippen LogP contribution in [0.3, 0.4) is 0 Å². The molecule has 2 N–H and O–H groups in total. The molecule has 5 aromatic rings. The number of rotatable bonds is 7. The zero-order valence-electron chi connectivity index (χ0n) is 23.1. The molecule has 0 bridgehead atoms. The number of carbonyl (C=O) groups excluding carboxylic acids is 2. The number of nitrogens with one attached hydrogen (secondary N) is 2. The average molecular weight is 565 g/mol. The Labute approximate surface area is 241 Å². The van der Waals surface area contributed by atoms with E-state index in [1.165, 1.54) is 16.7 Å². The number of pyridine rings is 2. The summed E-state index contributed by atoms with van der Waals surface area (Å²) < 4.78 is 20.1. The number of benzene rings is 3. The molecule has 0 radical (unpaired) electrons. The Morgan fingerprint density at radius 3 is 2.31 bits per heavy atom. The van der Waals surface area contributed by atoms with E-state index in [0.29, 0.717) is 29.3 Å². The predicted octanol–water partition coefficient (Wildman–Crippen LogP) is 6.53. The summed E-state index contributed by atoms with van der Waals surface area (Å²) in [6, 6.07) is 24.0. The van der Waals surface area contributed by atoms with E-state index in [4.69, 9.17) is 4.74 Å². The van der Waals surface area contributed by atoms with Gasteiger partial charge in [0.1, 0.15) is 17.3 Å². The number of aromatic nitrogens is 2. The summed E-state index contributed by atoms with van der Waals surface area (Å²) >= 11 is 0. The van der Waals surface area contributed by atoms with Crippen LogP contribution in [0.4, 0.5) is 15.8 Å². The number of ether oxygens (including phenoxy) is 1. The molecule has 0 spiro atoms. The number of halogens is 1. The van der Waals surface area contributed by atoms with Gasteiger partial charge in [-0.3, -0.25) is 19.4 Å². The highest BCUT2D eigenvalue weighted by atomic mass is 19.1. The van der Waals surface area contributed by atoms with Crippen molar-refractivity contribution in [3.63, 3.8) is 0 Å². The van der Waals surface area contributed by atoms with Crippen molar-refractivity contribution < 1.29 is 18.7 Å². The van der Waals surface area contributed by atoms with Gasteiger partial charge in [-0.15, -0.1) is 0 Å². The molecule has 9 heteroatoms. The molecule has 0 unspecified atom stereocenters. The molecule has 2 aromatic heterocycles. The number of carbonyl (C=O) groups is 2. The van der Waals surface area contributed by atoms with E-state index < -0.39 is 0 Å². The first-order valence-corrected chi connectivity index (χ1v) is 13.3. The van der Waals surface area contributed by atoms with Gasteiger partial charge in [-0.05, 0) is 96.8 Å². The molecule has 0 aliphatic heterocycles. The van der Waals surface area contributed by atoms with Crippen LogP contribution in [-0.4, -0.2) is 21.9 Å². The first kappa shape index (κ1) is 28.2. The molecule has 1 aliphatic rings. The van der Waals surface area contributed by atoms with Gasteiger partial charge in [-0.2, -0.15) is 0 Å². The SMILES string of the molecule is CC1(C(=O)Nc2ccc(F)cc2)CC1.Cn1ccc(-c2ccc3c(Oc4ccc(NC=O)cc4)ccnc3c2)cc1=O. The molecule has 1 fully saturated rings. The lowest BCUT2D eigenvalue weighted by atomic mass is 10.0. The van der Waals surface area contributed by atoms with Crippen molar-refractivity contribution in [3.05, 3.63) is 113 Å². The van der Waals surface area contributed by atoms with Crippen molar-refractivity contribution in [2.75, 3.05) is 10.6 Å². The van der Waals surface area contributed by atoms with Crippen LogP contribution in [0.5, 0.6) is 11.5 Å². The van der Waals surface area contributed by atoms with Gasteiger partial charge in [-0.1, -0.05) is 13.0 Å². The molecule has 2 amide bonds. The lowest BCUT2D eigenvalue weighted by Crippen LogP contribution is -2.21. The molecule has 8 nitrogen and oxygen atoms in total. The first-order valence-electron chi connectivity index (χ1n) is 13.3. The molecule has 3 aromatic carbocycles. The number of anilines is 2. The monoisotopic (exact) mass is 564 g/mol. The van der Waals surface area contributed by atoms with Gasteiger partial charge in [0.05, 0.1) is 5.52 Å². The highest BCUT2D eigenvalue weighted by Crippen LogP contribution is 2.45. The number of nitrogens with zero attached hydrogens (tertiary/aromatic N) is 2. The van der Waals surface area contributed by atoms with Gasteiger partial charge in [0.2, 0.25) is 12.3 Å². The van der Waals surface area contributed by atoms with Crippen molar-refractivity contribution in [2.24, 2.45) is 12.5 Å². The van der Waals surface area contributed by atoms with E-state index in [1.807, 2.05) is 31.2 Å². The fourth-order valence-electron chi connectivity index (χ4n) is 4.16. The molecular formula is C33H29FN4O4. The number of hydrogen-bond acceptors (Lipinski definition) is 5. The summed E-state index contributed by atoms with van der Waals surface area (Å²) in [6.07, 6.45) is 5.96. The molecule has 42 heavy (non-hydrogen) atoms. The van der Waals surface area contributed by atoms with E-state index in [2.05, 4.69) is 15.6 Å². The van der Waals surface area contributed by atoms with E-state index in [1.54, 1.807) is 68.0 Å². The van der Waals surface area contributed by atoms with Gasteiger partial charge in [0, 0.05) is 47.7 Å². The highest BCUT2D eigenvalue weighted by Gasteiger charge is 2.44. The third kappa shape index (κ3) is 6.69. The normalized spacial score (nSPS) is 12.9. The second kappa shape index (κ2) is 12.1. The smallest absolute Gasteiger partial charge is 0.250 e. The highest BCUT2D eigenvalue weighted by molar-refractivity contribution is 5.96. The largest absolute Gasteiger partial charge is 0.457 e. The molecule has 1 aliphatic carbocycles. The number of fused-ring (bicyclic) bond motifs is 1. The zero-order valence-corrected chi connectivity index (χ0v) is 23.1. The van der Waals surface area contributed by atoms with Crippen LogP contribution >= 0.6 is 0 Å². The van der Waals surface area contributed by atoms with Crippen molar-refractivity contribution >= 4 is 34.6 Å². The summed E-state index contributed by atoms with van der Waals surface area (Å²) in [4.78, 5) is 38.4. The third-order valence-corrected chi connectivity index (χ3v) is 7.10. The van der Waals surface area contributed by atoms with Gasteiger partial charge in [0.15, 0.2) is 0 Å². The van der Waals surface area contributed by atoms with E-state index in [-0.39, 0.29) is 22.7 Å². The Bertz CT molecular complexity index is 1800. The van der Waals surface area contributed by atoms with Crippen LogP contribution in [0.25, 0.3) is 22.0 Å². The summed E-state index contributed by atoms with van der Waals surface area (Å²) in [5, 5.41) is 6.22. The maximum absolute atomic E-state index is 12.6. The minimum Gasteiger partial charge on any atom is -0.457 e. The van der Waals surface area contributed by atoms with E-state index in [9.17, 15) is 18.8 Å². The lowest BCUT2D eigenvalue weighted by Gasteiger charge is -2.10. The Hall–Kier alpha value is -5.31. The zero-order chi connectivity index (χ0) is 29.7. The Balaban J connectivity index is 0.000000211. The molecule has 0 atom stereocenters. The number of hydrogen-bond donors (Lipinski definition) is 2. The maximum Gasteiger partial charge on any atom is 0.250 e.